The molecular formula is C13H24O2. The summed E-state index contributed by atoms with van der Waals surface area (Å²) >= 11 is 0. The smallest absolute Gasteiger partial charge is 0.293 e. The van der Waals surface area contributed by atoms with Gasteiger partial charge in [0, 0.05) is 0 Å². The first-order valence-electron chi connectivity index (χ1n) is 6.12. The van der Waals surface area contributed by atoms with Crippen LogP contribution in [-0.4, -0.2) is 13.1 Å². The second-order valence-electron chi connectivity index (χ2n) is 3.81. The lowest BCUT2D eigenvalue weighted by Gasteiger charge is -1.98. The van der Waals surface area contributed by atoms with Gasteiger partial charge in [0.25, 0.3) is 6.47 Å². The molecule has 0 spiro atoms. The van der Waals surface area contributed by atoms with E-state index in [1.807, 2.05) is 6.08 Å². The number of unbranched alkanes of at least 4 members (excludes halogenated alkanes) is 7. The molecule has 0 N–H and O–H groups in total. The van der Waals surface area contributed by atoms with Crippen molar-refractivity contribution in [3.63, 3.8) is 0 Å². The van der Waals surface area contributed by atoms with Crippen molar-refractivity contribution in [2.24, 2.45) is 0 Å². The van der Waals surface area contributed by atoms with Crippen molar-refractivity contribution < 1.29 is 9.53 Å². The number of carbonyl (C=O) groups is 1. The molecule has 0 aliphatic heterocycles. The highest BCUT2D eigenvalue weighted by Crippen LogP contribution is 2.08. The van der Waals surface area contributed by atoms with E-state index in [-0.39, 0.29) is 0 Å². The summed E-state index contributed by atoms with van der Waals surface area (Å²) in [7, 11) is 0. The summed E-state index contributed by atoms with van der Waals surface area (Å²) in [6, 6.07) is 0. The van der Waals surface area contributed by atoms with Crippen molar-refractivity contribution in [2.45, 2.75) is 58.3 Å². The Morgan fingerprint density at radius 2 is 1.60 bits per heavy atom. The SMILES string of the molecule is CCCCCCCCCC=CCOC=O. The maximum Gasteiger partial charge on any atom is 0.293 e. The van der Waals surface area contributed by atoms with Crippen molar-refractivity contribution in [3.05, 3.63) is 12.2 Å². The van der Waals surface area contributed by atoms with E-state index in [1.165, 1.54) is 44.9 Å². The van der Waals surface area contributed by atoms with Crippen LogP contribution in [0.3, 0.4) is 0 Å². The van der Waals surface area contributed by atoms with Crippen LogP contribution in [0.1, 0.15) is 58.3 Å². The Bertz CT molecular complexity index is 153. The van der Waals surface area contributed by atoms with Crippen LogP contribution in [0.15, 0.2) is 12.2 Å². The molecule has 0 aromatic heterocycles. The Kier molecular flexibility index (Phi) is 12.5. The van der Waals surface area contributed by atoms with Gasteiger partial charge in [-0.15, -0.1) is 0 Å². The van der Waals surface area contributed by atoms with E-state index in [2.05, 4.69) is 17.7 Å². The van der Waals surface area contributed by atoms with E-state index in [0.29, 0.717) is 13.1 Å². The molecule has 0 aliphatic carbocycles. The summed E-state index contributed by atoms with van der Waals surface area (Å²) in [6.45, 7) is 3.14. The molecular weight excluding hydrogens is 188 g/mol. The molecule has 2 nitrogen and oxygen atoms in total. The zero-order chi connectivity index (χ0) is 11.2. The summed E-state index contributed by atoms with van der Waals surface area (Å²) in [6.07, 6.45) is 14.5. The van der Waals surface area contributed by atoms with E-state index >= 15 is 0 Å². The number of ether oxygens (including phenoxy) is 1. The third kappa shape index (κ3) is 13.2. The van der Waals surface area contributed by atoms with E-state index in [4.69, 9.17) is 0 Å². The first-order valence-corrected chi connectivity index (χ1v) is 6.12. The molecule has 15 heavy (non-hydrogen) atoms. The van der Waals surface area contributed by atoms with Gasteiger partial charge in [-0.25, -0.2) is 0 Å². The molecule has 0 aromatic rings. The van der Waals surface area contributed by atoms with Crippen molar-refractivity contribution in [3.8, 4) is 0 Å². The number of hydrogen-bond donors (Lipinski definition) is 0. The molecule has 0 rings (SSSR count). The van der Waals surface area contributed by atoms with Crippen LogP contribution in [0.25, 0.3) is 0 Å². The second kappa shape index (κ2) is 13.2. The van der Waals surface area contributed by atoms with Crippen LogP contribution in [0, 0.1) is 0 Å². The number of allylic oxidation sites excluding steroid dienone is 1. The summed E-state index contributed by atoms with van der Waals surface area (Å²) in [5, 5.41) is 0. The maximum absolute atomic E-state index is 9.81. The highest BCUT2D eigenvalue weighted by Gasteiger charge is 1.89. The lowest BCUT2D eigenvalue weighted by Crippen LogP contribution is -1.85. The average Bonchev–Trinajstić information content (AvgIpc) is 2.26. The Morgan fingerprint density at radius 1 is 0.933 bits per heavy atom. The molecule has 0 amide bonds. The van der Waals surface area contributed by atoms with Crippen molar-refractivity contribution >= 4 is 6.47 Å². The number of rotatable bonds is 11. The van der Waals surface area contributed by atoms with Gasteiger partial charge in [-0.05, 0) is 12.8 Å². The molecule has 88 valence electrons. The largest absolute Gasteiger partial charge is 0.464 e. The topological polar surface area (TPSA) is 26.3 Å². The van der Waals surface area contributed by atoms with Gasteiger partial charge in [-0.2, -0.15) is 0 Å². The van der Waals surface area contributed by atoms with Crippen molar-refractivity contribution in [2.75, 3.05) is 6.61 Å². The molecule has 0 unspecified atom stereocenters. The number of carbonyl (C=O) groups excluding carboxylic acids is 1. The van der Waals surface area contributed by atoms with E-state index < -0.39 is 0 Å². The number of hydrogen-bond acceptors (Lipinski definition) is 2. The first-order chi connectivity index (χ1) is 7.41. The average molecular weight is 212 g/mol. The van der Waals surface area contributed by atoms with Crippen LogP contribution >= 0.6 is 0 Å². The Balaban J connectivity index is 2.97. The summed E-state index contributed by atoms with van der Waals surface area (Å²) in [4.78, 5) is 9.81. The Labute approximate surface area is 93.7 Å². The van der Waals surface area contributed by atoms with Crippen LogP contribution in [-0.2, 0) is 9.53 Å². The van der Waals surface area contributed by atoms with Gasteiger partial charge < -0.3 is 4.74 Å². The van der Waals surface area contributed by atoms with Crippen LogP contribution < -0.4 is 0 Å². The predicted molar refractivity (Wildman–Crippen MR) is 63.8 cm³/mol. The lowest BCUT2D eigenvalue weighted by molar-refractivity contribution is -0.127. The fraction of sp³-hybridized carbons (Fsp3) is 0.769. The molecule has 0 saturated carbocycles. The fourth-order valence-corrected chi connectivity index (χ4v) is 1.50. The molecule has 0 aromatic carbocycles. The van der Waals surface area contributed by atoms with Gasteiger partial charge in [0.2, 0.25) is 0 Å². The first kappa shape index (κ1) is 14.2. The van der Waals surface area contributed by atoms with Gasteiger partial charge in [0.1, 0.15) is 6.61 Å². The molecule has 0 saturated heterocycles. The predicted octanol–water partition coefficient (Wildman–Crippen LogP) is 3.86. The minimum absolute atomic E-state index is 0.417. The van der Waals surface area contributed by atoms with E-state index in [1.54, 1.807) is 0 Å². The fourth-order valence-electron chi connectivity index (χ4n) is 1.50. The Morgan fingerprint density at radius 3 is 2.27 bits per heavy atom. The van der Waals surface area contributed by atoms with Crippen molar-refractivity contribution in [1.29, 1.82) is 0 Å². The second-order valence-corrected chi connectivity index (χ2v) is 3.81. The monoisotopic (exact) mass is 212 g/mol. The summed E-state index contributed by atoms with van der Waals surface area (Å²) < 4.78 is 4.54. The lowest BCUT2D eigenvalue weighted by atomic mass is 10.1. The van der Waals surface area contributed by atoms with Crippen LogP contribution in [0.4, 0.5) is 0 Å². The standard InChI is InChI=1S/C13H24O2/c1-2-3-4-5-6-7-8-9-10-11-12-15-13-14/h10-11,13H,2-9,12H2,1H3. The minimum atomic E-state index is 0.417. The highest BCUT2D eigenvalue weighted by molar-refractivity contribution is 5.37. The molecule has 0 fully saturated rings. The van der Waals surface area contributed by atoms with E-state index in [0.717, 1.165) is 6.42 Å². The van der Waals surface area contributed by atoms with E-state index in [9.17, 15) is 4.79 Å². The van der Waals surface area contributed by atoms with Crippen LogP contribution in [0.2, 0.25) is 0 Å². The molecule has 0 bridgehead atoms. The third-order valence-electron chi connectivity index (χ3n) is 2.40. The third-order valence-corrected chi connectivity index (χ3v) is 2.40. The van der Waals surface area contributed by atoms with Gasteiger partial charge in [-0.1, -0.05) is 57.6 Å². The van der Waals surface area contributed by atoms with Gasteiger partial charge in [-0.3, -0.25) is 4.79 Å². The van der Waals surface area contributed by atoms with Gasteiger partial charge >= 0.3 is 0 Å². The molecule has 0 aliphatic rings. The zero-order valence-electron chi connectivity index (χ0n) is 9.91. The molecule has 0 atom stereocenters. The molecule has 0 radical (unpaired) electrons. The zero-order valence-corrected chi connectivity index (χ0v) is 9.91. The molecule has 2 heteroatoms. The van der Waals surface area contributed by atoms with Crippen LogP contribution in [0.5, 0.6) is 0 Å². The van der Waals surface area contributed by atoms with Crippen molar-refractivity contribution in [1.82, 2.24) is 0 Å². The Hall–Kier alpha value is -0.790. The summed E-state index contributed by atoms with van der Waals surface area (Å²) in [5.74, 6) is 0. The normalized spacial score (nSPS) is 10.7. The minimum Gasteiger partial charge on any atom is -0.464 e. The quantitative estimate of drug-likeness (QED) is 0.295. The molecule has 0 heterocycles. The van der Waals surface area contributed by atoms with Gasteiger partial charge in [0.05, 0.1) is 0 Å². The maximum atomic E-state index is 9.81. The van der Waals surface area contributed by atoms with Gasteiger partial charge in [0.15, 0.2) is 0 Å². The summed E-state index contributed by atoms with van der Waals surface area (Å²) in [5.41, 5.74) is 0. The highest BCUT2D eigenvalue weighted by atomic mass is 16.5.